The molecule has 0 radical (unpaired) electrons. The van der Waals surface area contributed by atoms with E-state index in [0.29, 0.717) is 6.04 Å². The van der Waals surface area contributed by atoms with Crippen LogP contribution >= 0.6 is 0 Å². The van der Waals surface area contributed by atoms with Crippen molar-refractivity contribution in [2.75, 3.05) is 0 Å². The summed E-state index contributed by atoms with van der Waals surface area (Å²) >= 11 is 0. The molecule has 2 heterocycles. The van der Waals surface area contributed by atoms with Crippen LogP contribution in [0.2, 0.25) is 0 Å². The average Bonchev–Trinajstić information content (AvgIpc) is 3.07. The molecule has 0 spiro atoms. The standard InChI is InChI=1S/C17H27N3O/c1-13(2)7-5-8-14(3)19-16(15-9-6-12-21-15)17-18-10-11-20(17)4/h6,9-14,16,19H,5,7-8H2,1-4H3. The zero-order valence-corrected chi connectivity index (χ0v) is 13.5. The second-order valence-electron chi connectivity index (χ2n) is 6.24. The Morgan fingerprint density at radius 2 is 2.10 bits per heavy atom. The quantitative estimate of drug-likeness (QED) is 0.801. The highest BCUT2D eigenvalue weighted by molar-refractivity contribution is 5.16. The van der Waals surface area contributed by atoms with Crippen LogP contribution in [-0.4, -0.2) is 15.6 Å². The second kappa shape index (κ2) is 7.46. The molecule has 2 rings (SSSR count). The molecule has 116 valence electrons. The average molecular weight is 289 g/mol. The van der Waals surface area contributed by atoms with Crippen molar-refractivity contribution in [3.8, 4) is 0 Å². The first kappa shape index (κ1) is 15.8. The first-order chi connectivity index (χ1) is 10.1. The molecule has 0 aliphatic rings. The van der Waals surface area contributed by atoms with Gasteiger partial charge in [-0.25, -0.2) is 4.98 Å². The number of hydrogen-bond acceptors (Lipinski definition) is 3. The van der Waals surface area contributed by atoms with Gasteiger partial charge in [0.1, 0.15) is 17.6 Å². The van der Waals surface area contributed by atoms with Crippen LogP contribution in [0.5, 0.6) is 0 Å². The van der Waals surface area contributed by atoms with Gasteiger partial charge in [0.25, 0.3) is 0 Å². The zero-order chi connectivity index (χ0) is 15.2. The Labute approximate surface area is 127 Å². The Balaban J connectivity index is 2.02. The van der Waals surface area contributed by atoms with Gasteiger partial charge in [-0.15, -0.1) is 0 Å². The summed E-state index contributed by atoms with van der Waals surface area (Å²) in [5.74, 6) is 2.67. The van der Waals surface area contributed by atoms with Gasteiger partial charge in [0, 0.05) is 25.5 Å². The molecule has 0 amide bonds. The third-order valence-corrected chi connectivity index (χ3v) is 3.81. The van der Waals surface area contributed by atoms with E-state index in [0.717, 1.165) is 17.5 Å². The predicted molar refractivity (Wildman–Crippen MR) is 85.0 cm³/mol. The van der Waals surface area contributed by atoms with Crippen molar-refractivity contribution in [1.29, 1.82) is 0 Å². The van der Waals surface area contributed by atoms with Crippen molar-refractivity contribution in [2.45, 2.75) is 52.1 Å². The molecule has 0 saturated carbocycles. The summed E-state index contributed by atoms with van der Waals surface area (Å²) in [6.45, 7) is 6.79. The maximum atomic E-state index is 5.60. The molecule has 4 heteroatoms. The van der Waals surface area contributed by atoms with E-state index in [1.165, 1.54) is 19.3 Å². The topological polar surface area (TPSA) is 43.0 Å². The molecule has 21 heavy (non-hydrogen) atoms. The van der Waals surface area contributed by atoms with Crippen LogP contribution in [0, 0.1) is 5.92 Å². The highest BCUT2D eigenvalue weighted by Crippen LogP contribution is 2.22. The van der Waals surface area contributed by atoms with Crippen LogP contribution in [0.4, 0.5) is 0 Å². The van der Waals surface area contributed by atoms with Crippen LogP contribution < -0.4 is 5.32 Å². The van der Waals surface area contributed by atoms with Crippen molar-refractivity contribution >= 4 is 0 Å². The van der Waals surface area contributed by atoms with Gasteiger partial charge in [-0.05, 0) is 31.4 Å². The molecule has 4 nitrogen and oxygen atoms in total. The molecular formula is C17H27N3O. The normalized spacial score (nSPS) is 14.5. The minimum atomic E-state index is 0.00838. The number of furan rings is 1. The number of aromatic nitrogens is 2. The summed E-state index contributed by atoms with van der Waals surface area (Å²) in [5.41, 5.74) is 0. The van der Waals surface area contributed by atoms with Crippen LogP contribution in [0.3, 0.4) is 0 Å². The number of rotatable bonds is 8. The largest absolute Gasteiger partial charge is 0.467 e. The molecule has 0 bridgehead atoms. The van der Waals surface area contributed by atoms with E-state index in [4.69, 9.17) is 4.42 Å². The first-order valence-corrected chi connectivity index (χ1v) is 7.84. The summed E-state index contributed by atoms with van der Waals surface area (Å²) < 4.78 is 7.64. The maximum Gasteiger partial charge on any atom is 0.133 e. The molecule has 0 aliphatic heterocycles. The van der Waals surface area contributed by atoms with Gasteiger partial charge in [-0.3, -0.25) is 5.32 Å². The number of nitrogens with one attached hydrogen (secondary N) is 1. The van der Waals surface area contributed by atoms with Crippen LogP contribution in [0.25, 0.3) is 0 Å². The molecule has 0 aromatic carbocycles. The predicted octanol–water partition coefficient (Wildman–Crippen LogP) is 3.91. The maximum absolute atomic E-state index is 5.60. The monoisotopic (exact) mass is 289 g/mol. The van der Waals surface area contributed by atoms with Crippen molar-refractivity contribution in [3.05, 3.63) is 42.4 Å². The lowest BCUT2D eigenvalue weighted by Gasteiger charge is -2.22. The SMILES string of the molecule is CC(C)CCCC(C)NC(c1ccco1)c1nccn1C. The molecule has 0 aliphatic carbocycles. The number of hydrogen-bond donors (Lipinski definition) is 1. The number of nitrogens with zero attached hydrogens (tertiary/aromatic N) is 2. The van der Waals surface area contributed by atoms with Gasteiger partial charge in [-0.2, -0.15) is 0 Å². The van der Waals surface area contributed by atoms with Gasteiger partial charge in [-0.1, -0.05) is 26.7 Å². The summed E-state index contributed by atoms with van der Waals surface area (Å²) in [6, 6.07) is 4.37. The summed E-state index contributed by atoms with van der Waals surface area (Å²) in [7, 11) is 2.02. The van der Waals surface area contributed by atoms with E-state index in [-0.39, 0.29) is 6.04 Å². The molecule has 2 unspecified atom stereocenters. The van der Waals surface area contributed by atoms with Gasteiger partial charge >= 0.3 is 0 Å². The van der Waals surface area contributed by atoms with E-state index in [2.05, 4.69) is 31.1 Å². The van der Waals surface area contributed by atoms with Crippen molar-refractivity contribution in [2.24, 2.45) is 13.0 Å². The molecular weight excluding hydrogens is 262 g/mol. The van der Waals surface area contributed by atoms with Crippen molar-refractivity contribution in [1.82, 2.24) is 14.9 Å². The fourth-order valence-electron chi connectivity index (χ4n) is 2.59. The van der Waals surface area contributed by atoms with Gasteiger partial charge in [0.05, 0.1) is 6.26 Å². The lowest BCUT2D eigenvalue weighted by molar-refractivity contribution is 0.377. The second-order valence-corrected chi connectivity index (χ2v) is 6.24. The third kappa shape index (κ3) is 4.46. The minimum absolute atomic E-state index is 0.00838. The van der Waals surface area contributed by atoms with Crippen molar-refractivity contribution < 1.29 is 4.42 Å². The minimum Gasteiger partial charge on any atom is -0.467 e. The van der Waals surface area contributed by atoms with E-state index in [9.17, 15) is 0 Å². The summed E-state index contributed by atoms with van der Waals surface area (Å²) in [6.07, 6.45) is 9.21. The Morgan fingerprint density at radius 1 is 1.29 bits per heavy atom. The first-order valence-electron chi connectivity index (χ1n) is 7.84. The van der Waals surface area contributed by atoms with E-state index in [1.54, 1.807) is 6.26 Å². The van der Waals surface area contributed by atoms with Gasteiger partial charge in [0.2, 0.25) is 0 Å². The smallest absolute Gasteiger partial charge is 0.133 e. The highest BCUT2D eigenvalue weighted by Gasteiger charge is 2.22. The van der Waals surface area contributed by atoms with Crippen LogP contribution in [-0.2, 0) is 7.05 Å². The lowest BCUT2D eigenvalue weighted by Crippen LogP contribution is -2.32. The molecule has 2 atom stereocenters. The Bertz CT molecular complexity index is 516. The Hall–Kier alpha value is -1.55. The zero-order valence-electron chi connectivity index (χ0n) is 13.5. The fourth-order valence-corrected chi connectivity index (χ4v) is 2.59. The van der Waals surface area contributed by atoms with Crippen LogP contribution in [0.15, 0.2) is 35.2 Å². The highest BCUT2D eigenvalue weighted by atomic mass is 16.3. The summed E-state index contributed by atoms with van der Waals surface area (Å²) in [4.78, 5) is 4.47. The molecule has 0 saturated heterocycles. The Kier molecular flexibility index (Phi) is 5.62. The van der Waals surface area contributed by atoms with E-state index >= 15 is 0 Å². The van der Waals surface area contributed by atoms with Gasteiger partial charge in [0.15, 0.2) is 0 Å². The third-order valence-electron chi connectivity index (χ3n) is 3.81. The molecule has 2 aromatic rings. The fraction of sp³-hybridized carbons (Fsp3) is 0.588. The molecule has 1 N–H and O–H groups in total. The number of aryl methyl sites for hydroxylation is 1. The molecule has 2 aromatic heterocycles. The van der Waals surface area contributed by atoms with E-state index in [1.807, 2.05) is 36.1 Å². The van der Waals surface area contributed by atoms with Crippen LogP contribution in [0.1, 0.15) is 57.7 Å². The lowest BCUT2D eigenvalue weighted by atomic mass is 10.0. The Morgan fingerprint density at radius 3 is 2.67 bits per heavy atom. The number of imidazole rings is 1. The van der Waals surface area contributed by atoms with Crippen molar-refractivity contribution in [3.63, 3.8) is 0 Å². The summed E-state index contributed by atoms with van der Waals surface area (Å²) in [5, 5.41) is 3.66. The van der Waals surface area contributed by atoms with Gasteiger partial charge < -0.3 is 8.98 Å². The van der Waals surface area contributed by atoms with E-state index < -0.39 is 0 Å². The molecule has 0 fully saturated rings.